The highest BCUT2D eigenvalue weighted by Gasteiger charge is 2.10. The van der Waals surface area contributed by atoms with Gasteiger partial charge in [0.2, 0.25) is 0 Å². The van der Waals surface area contributed by atoms with E-state index in [1.54, 1.807) is 14.2 Å². The van der Waals surface area contributed by atoms with Crippen LogP contribution in [0.25, 0.3) is 0 Å². The lowest BCUT2D eigenvalue weighted by molar-refractivity contribution is 0.178. The van der Waals surface area contributed by atoms with Crippen LogP contribution in [0.5, 0.6) is 5.75 Å². The molecule has 1 aromatic rings. The molecule has 0 bridgehead atoms. The Morgan fingerprint density at radius 2 is 2.00 bits per heavy atom. The molecule has 0 spiro atoms. The Labute approximate surface area is 97.6 Å². The van der Waals surface area contributed by atoms with Crippen LogP contribution >= 0.6 is 0 Å². The average Bonchev–Trinajstić information content (AvgIpc) is 2.34. The summed E-state index contributed by atoms with van der Waals surface area (Å²) < 4.78 is 10.4. The maximum Gasteiger partial charge on any atom is 0.122 e. The summed E-state index contributed by atoms with van der Waals surface area (Å²) in [5.41, 5.74) is 6.98. The minimum Gasteiger partial charge on any atom is -0.496 e. The van der Waals surface area contributed by atoms with E-state index in [0.717, 1.165) is 25.2 Å². The van der Waals surface area contributed by atoms with Gasteiger partial charge in [-0.15, -0.1) is 0 Å². The fourth-order valence-corrected chi connectivity index (χ4v) is 1.77. The number of hydrogen-bond donors (Lipinski definition) is 1. The predicted molar refractivity (Wildman–Crippen MR) is 65.7 cm³/mol. The van der Waals surface area contributed by atoms with Gasteiger partial charge in [-0.05, 0) is 36.9 Å². The molecule has 3 nitrogen and oxygen atoms in total. The van der Waals surface area contributed by atoms with Gasteiger partial charge < -0.3 is 15.2 Å². The van der Waals surface area contributed by atoms with Crippen molar-refractivity contribution in [3.8, 4) is 5.75 Å². The fraction of sp³-hybridized carbons (Fsp3) is 0.538. The topological polar surface area (TPSA) is 44.5 Å². The zero-order chi connectivity index (χ0) is 11.8. The molecule has 0 fully saturated rings. The summed E-state index contributed by atoms with van der Waals surface area (Å²) in [7, 11) is 3.42. The van der Waals surface area contributed by atoms with Crippen LogP contribution in [0.3, 0.4) is 0 Å². The van der Waals surface area contributed by atoms with Crippen molar-refractivity contribution >= 4 is 0 Å². The van der Waals surface area contributed by atoms with Crippen LogP contribution < -0.4 is 10.5 Å². The lowest BCUT2D eigenvalue weighted by Crippen LogP contribution is -2.18. The number of methoxy groups -OCH3 is 2. The molecule has 1 rings (SSSR count). The van der Waals surface area contributed by atoms with Crippen LogP contribution in [0, 0.1) is 5.92 Å². The van der Waals surface area contributed by atoms with Crippen molar-refractivity contribution in [2.45, 2.75) is 12.8 Å². The highest BCUT2D eigenvalue weighted by molar-refractivity contribution is 5.33. The Kier molecular flexibility index (Phi) is 5.90. The van der Waals surface area contributed by atoms with E-state index in [9.17, 15) is 0 Å². The second-order valence-corrected chi connectivity index (χ2v) is 3.90. The average molecular weight is 223 g/mol. The molecule has 0 aliphatic carbocycles. The highest BCUT2D eigenvalue weighted by Crippen LogP contribution is 2.21. The van der Waals surface area contributed by atoms with Gasteiger partial charge in [0.15, 0.2) is 0 Å². The lowest BCUT2D eigenvalue weighted by atomic mass is 9.96. The molecule has 16 heavy (non-hydrogen) atoms. The smallest absolute Gasteiger partial charge is 0.122 e. The molecule has 1 unspecified atom stereocenters. The van der Waals surface area contributed by atoms with E-state index in [1.165, 1.54) is 5.56 Å². The molecule has 0 aliphatic heterocycles. The van der Waals surface area contributed by atoms with Gasteiger partial charge in [-0.1, -0.05) is 18.2 Å². The number of rotatable bonds is 7. The van der Waals surface area contributed by atoms with Crippen LogP contribution in [0.2, 0.25) is 0 Å². The number of hydrogen-bond acceptors (Lipinski definition) is 3. The molecule has 90 valence electrons. The van der Waals surface area contributed by atoms with Crippen molar-refractivity contribution in [1.29, 1.82) is 0 Å². The molecule has 1 atom stereocenters. The van der Waals surface area contributed by atoms with Crippen LogP contribution in [0.15, 0.2) is 24.3 Å². The first-order valence-corrected chi connectivity index (χ1v) is 5.62. The standard InChI is InChI=1S/C13H21NO2/c1-15-8-7-11(10-14)9-12-5-3-4-6-13(12)16-2/h3-6,11H,7-10,14H2,1-2H3. The minimum absolute atomic E-state index is 0.455. The van der Waals surface area contributed by atoms with Gasteiger partial charge in [0, 0.05) is 13.7 Å². The van der Waals surface area contributed by atoms with E-state index in [2.05, 4.69) is 6.07 Å². The van der Waals surface area contributed by atoms with Crippen molar-refractivity contribution in [3.05, 3.63) is 29.8 Å². The molecule has 0 saturated heterocycles. The van der Waals surface area contributed by atoms with Gasteiger partial charge in [-0.25, -0.2) is 0 Å². The Hall–Kier alpha value is -1.06. The van der Waals surface area contributed by atoms with Gasteiger partial charge in [-0.3, -0.25) is 0 Å². The van der Waals surface area contributed by atoms with E-state index in [1.807, 2.05) is 18.2 Å². The van der Waals surface area contributed by atoms with Gasteiger partial charge in [0.05, 0.1) is 7.11 Å². The first kappa shape index (κ1) is 13.0. The zero-order valence-corrected chi connectivity index (χ0v) is 10.1. The van der Waals surface area contributed by atoms with Gasteiger partial charge in [0.25, 0.3) is 0 Å². The van der Waals surface area contributed by atoms with Crippen molar-refractivity contribution in [2.75, 3.05) is 27.4 Å². The molecule has 0 heterocycles. The summed E-state index contributed by atoms with van der Waals surface area (Å²) in [5.74, 6) is 1.40. The monoisotopic (exact) mass is 223 g/mol. The van der Waals surface area contributed by atoms with Gasteiger partial charge in [-0.2, -0.15) is 0 Å². The molecule has 0 aromatic heterocycles. The Morgan fingerprint density at radius 1 is 1.25 bits per heavy atom. The zero-order valence-electron chi connectivity index (χ0n) is 10.1. The van der Waals surface area contributed by atoms with Crippen molar-refractivity contribution in [1.82, 2.24) is 0 Å². The van der Waals surface area contributed by atoms with Crippen LogP contribution in [-0.2, 0) is 11.2 Å². The Bertz CT molecular complexity index is 302. The number of benzene rings is 1. The van der Waals surface area contributed by atoms with Crippen molar-refractivity contribution in [2.24, 2.45) is 11.7 Å². The summed E-state index contributed by atoms with van der Waals surface area (Å²) in [6.07, 6.45) is 1.94. The van der Waals surface area contributed by atoms with Crippen LogP contribution in [0.1, 0.15) is 12.0 Å². The summed E-state index contributed by atoms with van der Waals surface area (Å²) in [6.45, 7) is 1.44. The van der Waals surface area contributed by atoms with E-state index < -0.39 is 0 Å². The van der Waals surface area contributed by atoms with E-state index in [-0.39, 0.29) is 0 Å². The molecule has 0 radical (unpaired) electrons. The quantitative estimate of drug-likeness (QED) is 0.767. The first-order valence-electron chi connectivity index (χ1n) is 5.62. The summed E-state index contributed by atoms with van der Waals surface area (Å²) >= 11 is 0. The highest BCUT2D eigenvalue weighted by atomic mass is 16.5. The van der Waals surface area contributed by atoms with E-state index in [0.29, 0.717) is 12.5 Å². The normalized spacial score (nSPS) is 12.4. The lowest BCUT2D eigenvalue weighted by Gasteiger charge is -2.16. The third-order valence-electron chi connectivity index (χ3n) is 2.76. The maximum absolute atomic E-state index is 5.76. The molecule has 0 amide bonds. The Balaban J connectivity index is 2.62. The molecule has 0 saturated carbocycles. The van der Waals surface area contributed by atoms with Gasteiger partial charge >= 0.3 is 0 Å². The van der Waals surface area contributed by atoms with Crippen molar-refractivity contribution < 1.29 is 9.47 Å². The predicted octanol–water partition coefficient (Wildman–Crippen LogP) is 1.85. The fourth-order valence-electron chi connectivity index (χ4n) is 1.77. The Morgan fingerprint density at radius 3 is 2.62 bits per heavy atom. The SMILES string of the molecule is COCCC(CN)Cc1ccccc1OC. The molecule has 0 aliphatic rings. The van der Waals surface area contributed by atoms with Crippen LogP contribution in [0.4, 0.5) is 0 Å². The van der Waals surface area contributed by atoms with Crippen LogP contribution in [-0.4, -0.2) is 27.4 Å². The largest absolute Gasteiger partial charge is 0.496 e. The third kappa shape index (κ3) is 3.83. The second kappa shape index (κ2) is 7.25. The first-order chi connectivity index (χ1) is 7.81. The number of para-hydroxylation sites is 1. The number of nitrogens with two attached hydrogens (primary N) is 1. The molecular weight excluding hydrogens is 202 g/mol. The van der Waals surface area contributed by atoms with Gasteiger partial charge in [0.1, 0.15) is 5.75 Å². The molecule has 1 aromatic carbocycles. The summed E-state index contributed by atoms with van der Waals surface area (Å²) in [4.78, 5) is 0. The van der Waals surface area contributed by atoms with E-state index in [4.69, 9.17) is 15.2 Å². The van der Waals surface area contributed by atoms with E-state index >= 15 is 0 Å². The number of ether oxygens (including phenoxy) is 2. The molecule has 3 heteroatoms. The van der Waals surface area contributed by atoms with Crippen molar-refractivity contribution in [3.63, 3.8) is 0 Å². The third-order valence-corrected chi connectivity index (χ3v) is 2.76. The molecular formula is C13H21NO2. The minimum atomic E-state index is 0.455. The molecule has 2 N–H and O–H groups in total. The summed E-state index contributed by atoms with van der Waals surface area (Å²) in [5, 5.41) is 0. The second-order valence-electron chi connectivity index (χ2n) is 3.90. The summed E-state index contributed by atoms with van der Waals surface area (Å²) in [6, 6.07) is 8.09. The maximum atomic E-state index is 5.76.